The molecule has 1 aliphatic carbocycles. The van der Waals surface area contributed by atoms with Gasteiger partial charge in [-0.1, -0.05) is 43.7 Å². The van der Waals surface area contributed by atoms with E-state index in [2.05, 4.69) is 10.5 Å². The summed E-state index contributed by atoms with van der Waals surface area (Å²) in [5.74, 6) is -0.369. The lowest BCUT2D eigenvalue weighted by molar-refractivity contribution is -0.387. The Morgan fingerprint density at radius 3 is 2.52 bits per heavy atom. The van der Waals surface area contributed by atoms with Gasteiger partial charge in [0.1, 0.15) is 6.54 Å². The summed E-state index contributed by atoms with van der Waals surface area (Å²) in [4.78, 5) is 22.8. The molecule has 2 aromatic rings. The van der Waals surface area contributed by atoms with Gasteiger partial charge >= 0.3 is 0 Å². The van der Waals surface area contributed by atoms with E-state index in [1.165, 1.54) is 24.3 Å². The third kappa shape index (κ3) is 5.26. The SMILES string of the molecule is C[C@@H]1CCCC/C1=N\NC(=O)CN(c1ccccc1)S(=O)(=O)c1ccccc1[N+](=O)[O-]. The van der Waals surface area contributed by atoms with Gasteiger partial charge in [-0.05, 0) is 43.4 Å². The van der Waals surface area contributed by atoms with E-state index < -0.39 is 38.0 Å². The van der Waals surface area contributed by atoms with E-state index in [0.717, 1.165) is 47.8 Å². The number of hydrogen-bond acceptors (Lipinski definition) is 6. The summed E-state index contributed by atoms with van der Waals surface area (Å²) in [5.41, 5.74) is 3.00. The van der Waals surface area contributed by atoms with E-state index in [9.17, 15) is 23.3 Å². The monoisotopic (exact) mass is 444 g/mol. The van der Waals surface area contributed by atoms with Gasteiger partial charge in [0.15, 0.2) is 4.90 Å². The molecule has 0 aliphatic heterocycles. The highest BCUT2D eigenvalue weighted by molar-refractivity contribution is 7.93. The van der Waals surface area contributed by atoms with Crippen molar-refractivity contribution in [3.63, 3.8) is 0 Å². The molecule has 0 spiro atoms. The van der Waals surface area contributed by atoms with Crippen LogP contribution in [0.5, 0.6) is 0 Å². The molecule has 2 aromatic carbocycles. The highest BCUT2D eigenvalue weighted by Gasteiger charge is 2.33. The molecule has 1 atom stereocenters. The summed E-state index contributed by atoms with van der Waals surface area (Å²) >= 11 is 0. The highest BCUT2D eigenvalue weighted by atomic mass is 32.2. The molecule has 0 heterocycles. The van der Waals surface area contributed by atoms with Crippen LogP contribution < -0.4 is 9.73 Å². The Labute approximate surface area is 181 Å². The number of amides is 1. The van der Waals surface area contributed by atoms with Crippen molar-refractivity contribution in [1.29, 1.82) is 0 Å². The second-order valence-corrected chi connectivity index (χ2v) is 9.19. The highest BCUT2D eigenvalue weighted by Crippen LogP contribution is 2.29. The molecule has 164 valence electrons. The van der Waals surface area contributed by atoms with E-state index in [4.69, 9.17) is 0 Å². The molecule has 1 N–H and O–H groups in total. The van der Waals surface area contributed by atoms with Crippen LogP contribution in [0.15, 0.2) is 64.6 Å². The van der Waals surface area contributed by atoms with Gasteiger partial charge in [0, 0.05) is 11.8 Å². The minimum Gasteiger partial charge on any atom is -0.271 e. The smallest absolute Gasteiger partial charge is 0.271 e. The van der Waals surface area contributed by atoms with E-state index in [1.54, 1.807) is 18.2 Å². The lowest BCUT2D eigenvalue weighted by Crippen LogP contribution is -2.40. The number of carbonyl (C=O) groups excluding carboxylic acids is 1. The molecular weight excluding hydrogens is 420 g/mol. The van der Waals surface area contributed by atoms with Crippen LogP contribution in [0.4, 0.5) is 11.4 Å². The number of anilines is 1. The van der Waals surface area contributed by atoms with Crippen molar-refractivity contribution in [2.45, 2.75) is 37.5 Å². The lowest BCUT2D eigenvalue weighted by atomic mass is 9.89. The van der Waals surface area contributed by atoms with E-state index in [1.807, 2.05) is 6.92 Å². The molecule has 31 heavy (non-hydrogen) atoms. The third-order valence-corrected chi connectivity index (χ3v) is 7.00. The van der Waals surface area contributed by atoms with Gasteiger partial charge in [-0.15, -0.1) is 0 Å². The Bertz CT molecular complexity index is 1090. The zero-order chi connectivity index (χ0) is 22.4. The number of para-hydroxylation sites is 2. The van der Waals surface area contributed by atoms with Crippen LogP contribution in [-0.2, 0) is 14.8 Å². The number of hydrogen-bond donors (Lipinski definition) is 1. The minimum atomic E-state index is -4.40. The molecule has 0 bridgehead atoms. The summed E-state index contributed by atoms with van der Waals surface area (Å²) < 4.78 is 27.6. The second kappa shape index (κ2) is 9.69. The largest absolute Gasteiger partial charge is 0.289 e. The minimum absolute atomic E-state index is 0.217. The van der Waals surface area contributed by atoms with Crippen LogP contribution in [0.2, 0.25) is 0 Å². The summed E-state index contributed by atoms with van der Waals surface area (Å²) in [7, 11) is -4.40. The number of benzene rings is 2. The number of carbonyl (C=O) groups is 1. The zero-order valence-electron chi connectivity index (χ0n) is 17.1. The fourth-order valence-electron chi connectivity index (χ4n) is 3.49. The average Bonchev–Trinajstić information content (AvgIpc) is 2.77. The molecule has 9 nitrogen and oxygen atoms in total. The molecule has 0 saturated heterocycles. The fourth-order valence-corrected chi connectivity index (χ4v) is 5.07. The van der Waals surface area contributed by atoms with Crippen LogP contribution >= 0.6 is 0 Å². The van der Waals surface area contributed by atoms with Gasteiger partial charge in [0.25, 0.3) is 21.6 Å². The van der Waals surface area contributed by atoms with Crippen LogP contribution in [0, 0.1) is 16.0 Å². The number of nitro benzene ring substituents is 1. The number of nitrogens with one attached hydrogen (secondary N) is 1. The predicted octanol–water partition coefficient (Wildman–Crippen LogP) is 3.47. The van der Waals surface area contributed by atoms with Crippen molar-refractivity contribution in [2.75, 3.05) is 10.8 Å². The van der Waals surface area contributed by atoms with Crippen molar-refractivity contribution in [1.82, 2.24) is 5.43 Å². The van der Waals surface area contributed by atoms with Gasteiger partial charge < -0.3 is 0 Å². The first-order chi connectivity index (χ1) is 14.8. The summed E-state index contributed by atoms with van der Waals surface area (Å²) in [5, 5.41) is 15.6. The van der Waals surface area contributed by atoms with Crippen LogP contribution in [0.25, 0.3) is 0 Å². The van der Waals surface area contributed by atoms with E-state index in [-0.39, 0.29) is 11.6 Å². The quantitative estimate of drug-likeness (QED) is 0.517. The molecule has 1 fully saturated rings. The van der Waals surface area contributed by atoms with Crippen LogP contribution in [0.3, 0.4) is 0 Å². The molecule has 1 saturated carbocycles. The van der Waals surface area contributed by atoms with Gasteiger partial charge in [-0.25, -0.2) is 13.8 Å². The Hall–Kier alpha value is -3.27. The van der Waals surface area contributed by atoms with E-state index in [0.29, 0.717) is 0 Å². The topological polar surface area (TPSA) is 122 Å². The van der Waals surface area contributed by atoms with Crippen molar-refractivity contribution in [3.05, 3.63) is 64.7 Å². The number of nitrogens with zero attached hydrogens (tertiary/aromatic N) is 3. The van der Waals surface area contributed by atoms with Crippen molar-refractivity contribution < 1.29 is 18.1 Å². The third-order valence-electron chi connectivity index (χ3n) is 5.17. The second-order valence-electron chi connectivity index (χ2n) is 7.36. The summed E-state index contributed by atoms with van der Waals surface area (Å²) in [6.07, 6.45) is 3.90. The standard InChI is InChI=1S/C21H24N4O5S/c1-16-9-5-6-12-18(16)22-23-21(26)15-24(17-10-3-2-4-11-17)31(29,30)20-14-8-7-13-19(20)25(27)28/h2-4,7-8,10-11,13-14,16H,5-6,9,12,15H2,1H3,(H,23,26)/b22-18+/t16-/m1/s1. The molecule has 0 unspecified atom stereocenters. The van der Waals surface area contributed by atoms with E-state index >= 15 is 0 Å². The maximum absolute atomic E-state index is 13.4. The Morgan fingerprint density at radius 2 is 1.84 bits per heavy atom. The first-order valence-electron chi connectivity index (χ1n) is 9.97. The zero-order valence-corrected chi connectivity index (χ0v) is 17.9. The molecule has 0 aromatic heterocycles. The average molecular weight is 445 g/mol. The fraction of sp³-hybridized carbons (Fsp3) is 0.333. The maximum atomic E-state index is 13.4. The number of rotatable bonds is 7. The van der Waals surface area contributed by atoms with Gasteiger partial charge in [0.2, 0.25) is 0 Å². The predicted molar refractivity (Wildman–Crippen MR) is 117 cm³/mol. The molecule has 10 heteroatoms. The molecule has 0 radical (unpaired) electrons. The first kappa shape index (κ1) is 22.4. The Balaban J connectivity index is 1.92. The van der Waals surface area contributed by atoms with Gasteiger partial charge in [-0.3, -0.25) is 19.2 Å². The first-order valence-corrected chi connectivity index (χ1v) is 11.4. The summed E-state index contributed by atoms with van der Waals surface area (Å²) in [6, 6.07) is 13.1. The van der Waals surface area contributed by atoms with Crippen molar-refractivity contribution in [2.24, 2.45) is 11.0 Å². The van der Waals surface area contributed by atoms with Crippen LogP contribution in [0.1, 0.15) is 32.6 Å². The van der Waals surface area contributed by atoms with Crippen LogP contribution in [-0.4, -0.2) is 31.5 Å². The molecular formula is C21H24N4O5S. The Morgan fingerprint density at radius 1 is 1.16 bits per heavy atom. The molecule has 3 rings (SSSR count). The lowest BCUT2D eigenvalue weighted by Gasteiger charge is -2.24. The summed E-state index contributed by atoms with van der Waals surface area (Å²) in [6.45, 7) is 1.48. The van der Waals surface area contributed by atoms with Gasteiger partial charge in [0.05, 0.1) is 10.6 Å². The molecule has 1 aliphatic rings. The Kier molecular flexibility index (Phi) is 7.01. The van der Waals surface area contributed by atoms with Gasteiger partial charge in [-0.2, -0.15) is 5.10 Å². The number of sulfonamides is 1. The number of hydrazone groups is 1. The number of nitro groups is 1. The maximum Gasteiger partial charge on any atom is 0.289 e. The van der Waals surface area contributed by atoms with Crippen molar-refractivity contribution >= 4 is 33.0 Å². The normalized spacial score (nSPS) is 17.8. The van der Waals surface area contributed by atoms with Crippen molar-refractivity contribution in [3.8, 4) is 0 Å². The molecule has 1 amide bonds.